The zero-order valence-electron chi connectivity index (χ0n) is 15.1. The van der Waals surface area contributed by atoms with Crippen molar-refractivity contribution in [2.75, 3.05) is 27.2 Å². The minimum absolute atomic E-state index is 0.183. The predicted molar refractivity (Wildman–Crippen MR) is 96.9 cm³/mol. The SMILES string of the molecule is CC(=O)O[C@@H](c1ccccc1)c1cc(OCCN(C)C)c(C(N)=O)cn1. The van der Waals surface area contributed by atoms with E-state index in [0.717, 1.165) is 5.56 Å². The van der Waals surface area contributed by atoms with E-state index in [1.807, 2.05) is 49.3 Å². The van der Waals surface area contributed by atoms with Gasteiger partial charge in [-0.3, -0.25) is 14.6 Å². The molecule has 0 unspecified atom stereocenters. The molecule has 2 aromatic rings. The topological polar surface area (TPSA) is 94.8 Å². The molecule has 2 rings (SSSR count). The largest absolute Gasteiger partial charge is 0.491 e. The Labute approximate surface area is 152 Å². The molecule has 0 aliphatic rings. The van der Waals surface area contributed by atoms with Gasteiger partial charge in [-0.2, -0.15) is 0 Å². The van der Waals surface area contributed by atoms with Crippen molar-refractivity contribution in [3.05, 3.63) is 59.4 Å². The number of rotatable bonds is 8. The smallest absolute Gasteiger partial charge is 0.303 e. The van der Waals surface area contributed by atoms with Gasteiger partial charge in [0, 0.05) is 25.7 Å². The van der Waals surface area contributed by atoms with E-state index >= 15 is 0 Å². The van der Waals surface area contributed by atoms with Crippen molar-refractivity contribution in [1.82, 2.24) is 9.88 Å². The van der Waals surface area contributed by atoms with Crippen LogP contribution in [0.25, 0.3) is 0 Å². The molecule has 138 valence electrons. The van der Waals surface area contributed by atoms with E-state index in [9.17, 15) is 9.59 Å². The lowest BCUT2D eigenvalue weighted by molar-refractivity contribution is -0.144. The molecule has 2 N–H and O–H groups in total. The van der Waals surface area contributed by atoms with E-state index in [1.165, 1.54) is 13.1 Å². The average molecular weight is 357 g/mol. The number of esters is 1. The summed E-state index contributed by atoms with van der Waals surface area (Å²) >= 11 is 0. The van der Waals surface area contributed by atoms with Gasteiger partial charge in [0.25, 0.3) is 5.91 Å². The van der Waals surface area contributed by atoms with Crippen LogP contribution in [-0.2, 0) is 9.53 Å². The quantitative estimate of drug-likeness (QED) is 0.724. The third kappa shape index (κ3) is 5.29. The number of amides is 1. The fraction of sp³-hybridized carbons (Fsp3) is 0.316. The number of hydrogen-bond donors (Lipinski definition) is 1. The lowest BCUT2D eigenvalue weighted by Crippen LogP contribution is -2.21. The third-order valence-corrected chi connectivity index (χ3v) is 3.60. The number of nitrogens with two attached hydrogens (primary N) is 1. The van der Waals surface area contributed by atoms with Gasteiger partial charge in [-0.25, -0.2) is 0 Å². The van der Waals surface area contributed by atoms with Crippen LogP contribution in [0.4, 0.5) is 0 Å². The number of benzene rings is 1. The molecule has 0 spiro atoms. The molecular weight excluding hydrogens is 334 g/mol. The number of aromatic nitrogens is 1. The van der Waals surface area contributed by atoms with Gasteiger partial charge in [0.15, 0.2) is 6.10 Å². The van der Waals surface area contributed by atoms with Gasteiger partial charge in [0.2, 0.25) is 0 Å². The van der Waals surface area contributed by atoms with Gasteiger partial charge in [-0.15, -0.1) is 0 Å². The number of pyridine rings is 1. The molecule has 0 fully saturated rings. The second kappa shape index (κ2) is 8.96. The molecule has 1 aromatic heterocycles. The highest BCUT2D eigenvalue weighted by molar-refractivity contribution is 5.95. The van der Waals surface area contributed by atoms with Gasteiger partial charge in [0.1, 0.15) is 12.4 Å². The lowest BCUT2D eigenvalue weighted by Gasteiger charge is -2.19. The molecule has 7 nitrogen and oxygen atoms in total. The molecule has 0 saturated carbocycles. The standard InChI is InChI=1S/C19H23N3O4/c1-13(23)26-18(14-7-5-4-6-8-14)16-11-17(25-10-9-22(2)3)15(12-21-16)19(20)24/h4-8,11-12,18H,9-10H2,1-3H3,(H2,20,24)/t18-/m0/s1. The van der Waals surface area contributed by atoms with Gasteiger partial charge in [-0.05, 0) is 19.7 Å². The minimum Gasteiger partial charge on any atom is -0.491 e. The molecule has 7 heteroatoms. The summed E-state index contributed by atoms with van der Waals surface area (Å²) in [6.07, 6.45) is 0.647. The molecule has 1 aromatic carbocycles. The number of carbonyl (C=O) groups excluding carboxylic acids is 2. The monoisotopic (exact) mass is 357 g/mol. The van der Waals surface area contributed by atoms with Crippen LogP contribution in [0.5, 0.6) is 5.75 Å². The predicted octanol–water partition coefficient (Wildman–Crippen LogP) is 1.77. The van der Waals surface area contributed by atoms with Crippen LogP contribution in [0, 0.1) is 0 Å². The van der Waals surface area contributed by atoms with Crippen LogP contribution >= 0.6 is 0 Å². The van der Waals surface area contributed by atoms with Crippen molar-refractivity contribution in [3.8, 4) is 5.75 Å². The Bertz CT molecular complexity index is 763. The van der Waals surface area contributed by atoms with E-state index in [4.69, 9.17) is 15.2 Å². The van der Waals surface area contributed by atoms with Gasteiger partial charge in [0.05, 0.1) is 11.3 Å². The first-order valence-corrected chi connectivity index (χ1v) is 8.18. The first-order valence-electron chi connectivity index (χ1n) is 8.18. The number of primary amides is 1. The average Bonchev–Trinajstić information content (AvgIpc) is 2.59. The summed E-state index contributed by atoms with van der Waals surface area (Å²) in [6.45, 7) is 2.38. The number of ether oxygens (including phenoxy) is 2. The summed E-state index contributed by atoms with van der Waals surface area (Å²) < 4.78 is 11.2. The molecule has 1 amide bonds. The molecule has 0 bridgehead atoms. The van der Waals surface area contributed by atoms with E-state index in [2.05, 4.69) is 4.98 Å². The van der Waals surface area contributed by atoms with E-state index in [-0.39, 0.29) is 5.56 Å². The number of nitrogens with zero attached hydrogens (tertiary/aromatic N) is 2. The van der Waals surface area contributed by atoms with Gasteiger partial charge in [-0.1, -0.05) is 30.3 Å². The molecular formula is C19H23N3O4. The second-order valence-corrected chi connectivity index (χ2v) is 6.02. The van der Waals surface area contributed by atoms with Crippen LogP contribution in [0.15, 0.2) is 42.6 Å². The fourth-order valence-electron chi connectivity index (χ4n) is 2.33. The van der Waals surface area contributed by atoms with E-state index in [1.54, 1.807) is 6.07 Å². The van der Waals surface area contributed by atoms with Crippen molar-refractivity contribution in [2.24, 2.45) is 5.73 Å². The Hall–Kier alpha value is -2.93. The number of likely N-dealkylation sites (N-methyl/N-ethyl adjacent to an activating group) is 1. The molecule has 0 radical (unpaired) electrons. The minimum atomic E-state index is -0.702. The Balaban J connectivity index is 2.38. The maximum absolute atomic E-state index is 11.7. The first kappa shape index (κ1) is 19.4. The molecule has 0 aliphatic carbocycles. The van der Waals surface area contributed by atoms with Crippen molar-refractivity contribution < 1.29 is 19.1 Å². The number of hydrogen-bond acceptors (Lipinski definition) is 6. The Morgan fingerprint density at radius 2 is 1.92 bits per heavy atom. The maximum atomic E-state index is 11.7. The van der Waals surface area contributed by atoms with Gasteiger partial charge < -0.3 is 20.1 Å². The zero-order valence-corrected chi connectivity index (χ0v) is 15.1. The normalized spacial score (nSPS) is 11.8. The van der Waals surface area contributed by atoms with Crippen LogP contribution in [0.3, 0.4) is 0 Å². The highest BCUT2D eigenvalue weighted by atomic mass is 16.5. The lowest BCUT2D eigenvalue weighted by atomic mass is 10.0. The Kier molecular flexibility index (Phi) is 6.68. The summed E-state index contributed by atoms with van der Waals surface area (Å²) in [4.78, 5) is 29.4. The molecule has 1 atom stereocenters. The number of carbonyl (C=O) groups is 2. The van der Waals surface area contributed by atoms with Crippen LogP contribution in [-0.4, -0.2) is 49.0 Å². The summed E-state index contributed by atoms with van der Waals surface area (Å²) in [5, 5.41) is 0. The molecule has 0 aliphatic heterocycles. The molecule has 0 saturated heterocycles. The summed E-state index contributed by atoms with van der Waals surface area (Å²) in [7, 11) is 3.84. The Morgan fingerprint density at radius 1 is 1.23 bits per heavy atom. The summed E-state index contributed by atoms with van der Waals surface area (Å²) in [6, 6.07) is 10.8. The van der Waals surface area contributed by atoms with Crippen molar-refractivity contribution in [1.29, 1.82) is 0 Å². The fourth-order valence-corrected chi connectivity index (χ4v) is 2.33. The maximum Gasteiger partial charge on any atom is 0.303 e. The summed E-state index contributed by atoms with van der Waals surface area (Å²) in [5.74, 6) is -0.750. The van der Waals surface area contributed by atoms with Crippen molar-refractivity contribution >= 4 is 11.9 Å². The van der Waals surface area contributed by atoms with Crippen molar-refractivity contribution in [2.45, 2.75) is 13.0 Å². The van der Waals surface area contributed by atoms with Crippen LogP contribution in [0.1, 0.15) is 34.6 Å². The highest BCUT2D eigenvalue weighted by Crippen LogP contribution is 2.29. The molecule has 1 heterocycles. The summed E-state index contributed by atoms with van der Waals surface area (Å²) in [5.41, 5.74) is 6.81. The van der Waals surface area contributed by atoms with Crippen LogP contribution < -0.4 is 10.5 Å². The zero-order chi connectivity index (χ0) is 19.1. The van der Waals surface area contributed by atoms with Crippen molar-refractivity contribution in [3.63, 3.8) is 0 Å². The van der Waals surface area contributed by atoms with E-state index in [0.29, 0.717) is 24.6 Å². The highest BCUT2D eigenvalue weighted by Gasteiger charge is 2.22. The Morgan fingerprint density at radius 3 is 2.50 bits per heavy atom. The second-order valence-electron chi connectivity index (χ2n) is 6.02. The van der Waals surface area contributed by atoms with E-state index < -0.39 is 18.0 Å². The first-order chi connectivity index (χ1) is 12.4. The molecule has 26 heavy (non-hydrogen) atoms. The van der Waals surface area contributed by atoms with Crippen LogP contribution in [0.2, 0.25) is 0 Å². The third-order valence-electron chi connectivity index (χ3n) is 3.60. The van der Waals surface area contributed by atoms with Gasteiger partial charge >= 0.3 is 5.97 Å².